The van der Waals surface area contributed by atoms with Crippen molar-refractivity contribution >= 4 is 23.2 Å². The number of carbonyl (C=O) groups is 1. The first-order chi connectivity index (χ1) is 12.0. The van der Waals surface area contributed by atoms with Crippen LogP contribution in [0.15, 0.2) is 53.0 Å². The molecule has 0 saturated carbocycles. The van der Waals surface area contributed by atoms with E-state index in [0.29, 0.717) is 12.4 Å². The first-order valence-corrected chi connectivity index (χ1v) is 8.90. The second-order valence-corrected chi connectivity index (χ2v) is 7.31. The monoisotopic (exact) mass is 352 g/mol. The van der Waals surface area contributed by atoms with Crippen LogP contribution in [0.25, 0.3) is 6.08 Å². The summed E-state index contributed by atoms with van der Waals surface area (Å²) in [5.41, 5.74) is 2.33. The summed E-state index contributed by atoms with van der Waals surface area (Å²) in [5.74, 6) is 2.18. The highest BCUT2D eigenvalue weighted by Gasteiger charge is 2.06. The average molecular weight is 352 g/mol. The predicted molar refractivity (Wildman–Crippen MR) is 101 cm³/mol. The lowest BCUT2D eigenvalue weighted by Gasteiger charge is -2.06. The summed E-state index contributed by atoms with van der Waals surface area (Å²) in [6.45, 7) is 6.43. The minimum Gasteiger partial charge on any atom is -0.486 e. The fourth-order valence-corrected chi connectivity index (χ4v) is 3.33. The molecule has 3 rings (SSSR count). The number of ether oxygens (including phenoxy) is 1. The van der Waals surface area contributed by atoms with Gasteiger partial charge in [-0.25, -0.2) is 0 Å². The average Bonchev–Trinajstić information content (AvgIpc) is 3.19. The van der Waals surface area contributed by atoms with Crippen LogP contribution >= 0.6 is 11.3 Å². The van der Waals surface area contributed by atoms with Crippen LogP contribution in [0.5, 0.6) is 5.75 Å². The number of allylic oxidation sites excluding steroid dienone is 1. The third-order valence-corrected chi connectivity index (χ3v) is 4.66. The van der Waals surface area contributed by atoms with Crippen molar-refractivity contribution in [2.75, 3.05) is 0 Å². The maximum Gasteiger partial charge on any atom is 0.195 e. The number of hydrogen-bond donors (Lipinski definition) is 0. The van der Waals surface area contributed by atoms with Gasteiger partial charge in [0.15, 0.2) is 5.78 Å². The predicted octanol–water partition coefficient (Wildman–Crippen LogP) is 5.74. The van der Waals surface area contributed by atoms with E-state index in [-0.39, 0.29) is 5.78 Å². The highest BCUT2D eigenvalue weighted by molar-refractivity contribution is 7.14. The normalized spacial score (nSPS) is 11.2. The van der Waals surface area contributed by atoms with Gasteiger partial charge in [0, 0.05) is 4.88 Å². The smallest absolute Gasteiger partial charge is 0.195 e. The number of hydrogen-bond acceptors (Lipinski definition) is 4. The summed E-state index contributed by atoms with van der Waals surface area (Å²) in [6.07, 6.45) is 3.23. The van der Waals surface area contributed by atoms with Gasteiger partial charge >= 0.3 is 0 Å². The number of benzene rings is 1. The molecular weight excluding hydrogens is 332 g/mol. The Morgan fingerprint density at radius 1 is 1.08 bits per heavy atom. The molecule has 0 atom stereocenters. The Kier molecular flexibility index (Phi) is 5.19. The summed E-state index contributed by atoms with van der Waals surface area (Å²) in [4.78, 5) is 13.9. The van der Waals surface area contributed by atoms with Gasteiger partial charge in [-0.3, -0.25) is 4.79 Å². The van der Waals surface area contributed by atoms with Crippen molar-refractivity contribution in [2.24, 2.45) is 0 Å². The van der Waals surface area contributed by atoms with E-state index in [1.165, 1.54) is 22.5 Å². The fraction of sp³-hybridized carbons (Fsp3) is 0.190. The van der Waals surface area contributed by atoms with Crippen LogP contribution in [-0.2, 0) is 6.61 Å². The lowest BCUT2D eigenvalue weighted by atomic mass is 10.1. The van der Waals surface area contributed by atoms with Crippen LogP contribution in [0, 0.1) is 20.8 Å². The van der Waals surface area contributed by atoms with E-state index in [2.05, 4.69) is 6.07 Å². The van der Waals surface area contributed by atoms with Crippen LogP contribution in [0.2, 0.25) is 0 Å². The van der Waals surface area contributed by atoms with E-state index in [0.717, 1.165) is 21.3 Å². The van der Waals surface area contributed by atoms with E-state index in [1.807, 2.05) is 57.2 Å². The lowest BCUT2D eigenvalue weighted by molar-refractivity contribution is 0.105. The van der Waals surface area contributed by atoms with Crippen LogP contribution in [-0.4, -0.2) is 5.78 Å². The Labute approximate surface area is 151 Å². The molecule has 0 spiro atoms. The molecule has 1 aromatic carbocycles. The second-order valence-electron chi connectivity index (χ2n) is 6.02. The summed E-state index contributed by atoms with van der Waals surface area (Å²) in [6, 6.07) is 13.6. The molecular formula is C21H20O3S. The largest absolute Gasteiger partial charge is 0.486 e. The lowest BCUT2D eigenvalue weighted by Crippen LogP contribution is -1.94. The molecule has 2 heterocycles. The molecule has 2 aromatic heterocycles. The van der Waals surface area contributed by atoms with E-state index in [4.69, 9.17) is 9.15 Å². The molecule has 0 bridgehead atoms. The number of ketones is 1. The number of aryl methyl sites for hydroxylation is 3. The molecule has 25 heavy (non-hydrogen) atoms. The summed E-state index contributed by atoms with van der Waals surface area (Å²) in [7, 11) is 0. The minimum atomic E-state index is -0.0115. The quantitative estimate of drug-likeness (QED) is 0.419. The van der Waals surface area contributed by atoms with E-state index in [9.17, 15) is 4.79 Å². The Bertz CT molecular complexity index is 895. The van der Waals surface area contributed by atoms with Crippen molar-refractivity contribution in [1.29, 1.82) is 0 Å². The molecule has 0 aliphatic heterocycles. The van der Waals surface area contributed by atoms with Gasteiger partial charge in [-0.05, 0) is 80.4 Å². The SMILES string of the molecule is Cc1cc(C)cc(OCc2ccc(/C=C/C(=O)c3ccc(C)s3)o2)c1. The van der Waals surface area contributed by atoms with Crippen molar-refractivity contribution in [2.45, 2.75) is 27.4 Å². The Morgan fingerprint density at radius 2 is 1.84 bits per heavy atom. The van der Waals surface area contributed by atoms with Crippen molar-refractivity contribution in [3.63, 3.8) is 0 Å². The van der Waals surface area contributed by atoms with Crippen LogP contribution < -0.4 is 4.74 Å². The molecule has 0 radical (unpaired) electrons. The zero-order chi connectivity index (χ0) is 17.8. The zero-order valence-corrected chi connectivity index (χ0v) is 15.4. The molecule has 4 heteroatoms. The highest BCUT2D eigenvalue weighted by Crippen LogP contribution is 2.20. The van der Waals surface area contributed by atoms with Crippen molar-refractivity contribution in [3.8, 4) is 5.75 Å². The molecule has 3 nitrogen and oxygen atoms in total. The molecule has 0 aliphatic rings. The van der Waals surface area contributed by atoms with Gasteiger partial charge in [0.25, 0.3) is 0 Å². The summed E-state index contributed by atoms with van der Waals surface area (Å²) >= 11 is 1.49. The van der Waals surface area contributed by atoms with Gasteiger partial charge in [-0.15, -0.1) is 11.3 Å². The van der Waals surface area contributed by atoms with Gasteiger partial charge in [0.05, 0.1) is 4.88 Å². The van der Waals surface area contributed by atoms with Crippen molar-refractivity contribution in [1.82, 2.24) is 0 Å². The molecule has 128 valence electrons. The first-order valence-electron chi connectivity index (χ1n) is 8.08. The number of furan rings is 1. The molecule has 0 unspecified atom stereocenters. The molecule has 0 aliphatic carbocycles. The van der Waals surface area contributed by atoms with Gasteiger partial charge in [0.2, 0.25) is 0 Å². The maximum atomic E-state index is 12.1. The van der Waals surface area contributed by atoms with Crippen LogP contribution in [0.3, 0.4) is 0 Å². The van der Waals surface area contributed by atoms with Crippen molar-refractivity contribution < 1.29 is 13.9 Å². The third kappa shape index (κ3) is 4.70. The Balaban J connectivity index is 1.60. The molecule has 0 N–H and O–H groups in total. The van der Waals surface area contributed by atoms with Gasteiger partial charge in [-0.1, -0.05) is 6.07 Å². The van der Waals surface area contributed by atoms with Gasteiger partial charge in [0.1, 0.15) is 23.9 Å². The maximum absolute atomic E-state index is 12.1. The number of carbonyl (C=O) groups excluding carboxylic acids is 1. The molecule has 0 fully saturated rings. The van der Waals surface area contributed by atoms with Gasteiger partial charge in [-0.2, -0.15) is 0 Å². The zero-order valence-electron chi connectivity index (χ0n) is 14.5. The highest BCUT2D eigenvalue weighted by atomic mass is 32.1. The first kappa shape index (κ1) is 17.2. The summed E-state index contributed by atoms with van der Waals surface area (Å²) in [5, 5.41) is 0. The molecule has 0 amide bonds. The third-order valence-electron chi connectivity index (χ3n) is 3.64. The Hall–Kier alpha value is -2.59. The summed E-state index contributed by atoms with van der Waals surface area (Å²) < 4.78 is 11.5. The van der Waals surface area contributed by atoms with Crippen LogP contribution in [0.4, 0.5) is 0 Å². The second kappa shape index (κ2) is 7.53. The number of thiophene rings is 1. The Morgan fingerprint density at radius 3 is 2.52 bits per heavy atom. The van der Waals surface area contributed by atoms with Crippen molar-refractivity contribution in [3.05, 3.63) is 80.9 Å². The molecule has 0 saturated heterocycles. The topological polar surface area (TPSA) is 39.4 Å². The van der Waals surface area contributed by atoms with E-state index >= 15 is 0 Å². The molecule has 3 aromatic rings. The van der Waals surface area contributed by atoms with E-state index in [1.54, 1.807) is 12.2 Å². The number of rotatable bonds is 6. The minimum absolute atomic E-state index is 0.0115. The van der Waals surface area contributed by atoms with Crippen LogP contribution in [0.1, 0.15) is 37.2 Å². The fourth-order valence-electron chi connectivity index (χ4n) is 2.54. The van der Waals surface area contributed by atoms with E-state index < -0.39 is 0 Å². The standard InChI is InChI=1S/C21H20O3S/c1-14-10-15(2)12-19(11-14)23-13-18-6-5-17(24-18)7-8-20(22)21-9-4-16(3)25-21/h4-12H,13H2,1-3H3/b8-7+. The van der Waals surface area contributed by atoms with Gasteiger partial charge < -0.3 is 9.15 Å².